The number of para-hydroxylation sites is 2. The monoisotopic (exact) mass is 360 g/mol. The van der Waals surface area contributed by atoms with E-state index in [9.17, 15) is 9.59 Å². The third-order valence-corrected chi connectivity index (χ3v) is 5.37. The van der Waals surface area contributed by atoms with Gasteiger partial charge in [-0.25, -0.2) is 0 Å². The molecule has 1 aromatic rings. The highest BCUT2D eigenvalue weighted by atomic mass is 16.6. The Kier molecular flexibility index (Phi) is 6.01. The van der Waals surface area contributed by atoms with Gasteiger partial charge in [-0.1, -0.05) is 31.4 Å². The van der Waals surface area contributed by atoms with Crippen LogP contribution in [0, 0.1) is 5.41 Å². The van der Waals surface area contributed by atoms with Crippen molar-refractivity contribution in [2.24, 2.45) is 5.41 Å². The van der Waals surface area contributed by atoms with Crippen LogP contribution in [0.4, 0.5) is 0 Å². The molecule has 142 valence electrons. The first-order chi connectivity index (χ1) is 12.6. The van der Waals surface area contributed by atoms with Gasteiger partial charge >= 0.3 is 0 Å². The predicted octanol–water partition coefficient (Wildman–Crippen LogP) is 2.42. The molecule has 6 nitrogen and oxygen atoms in total. The molecule has 6 heteroatoms. The van der Waals surface area contributed by atoms with Gasteiger partial charge in [0.25, 0.3) is 0 Å². The van der Waals surface area contributed by atoms with Crippen molar-refractivity contribution >= 4 is 11.8 Å². The number of benzene rings is 1. The minimum Gasteiger partial charge on any atom is -0.486 e. The van der Waals surface area contributed by atoms with E-state index in [1.54, 1.807) is 7.05 Å². The van der Waals surface area contributed by atoms with Gasteiger partial charge in [0.2, 0.25) is 11.8 Å². The Morgan fingerprint density at radius 3 is 2.58 bits per heavy atom. The van der Waals surface area contributed by atoms with E-state index in [1.165, 1.54) is 6.42 Å². The standard InChI is InChI=1S/C20H28N2O4/c1-21-19(24)12-20(9-5-2-6-10-20)14-22-18(23)11-15-13-25-16-7-3-4-8-17(16)26-15/h3-4,7-8,15H,2,5-6,9-14H2,1H3,(H,21,24)(H,22,23). The van der Waals surface area contributed by atoms with E-state index in [0.29, 0.717) is 25.3 Å². The zero-order valence-electron chi connectivity index (χ0n) is 15.4. The summed E-state index contributed by atoms with van der Waals surface area (Å²) in [6.07, 6.45) is 5.84. The topological polar surface area (TPSA) is 76.7 Å². The molecule has 1 aliphatic heterocycles. The van der Waals surface area contributed by atoms with E-state index in [0.717, 1.165) is 31.4 Å². The minimum atomic E-state index is -0.286. The van der Waals surface area contributed by atoms with Crippen molar-refractivity contribution in [3.8, 4) is 11.5 Å². The van der Waals surface area contributed by atoms with Crippen molar-refractivity contribution in [1.29, 1.82) is 0 Å². The lowest BCUT2D eigenvalue weighted by atomic mass is 9.71. The molecule has 2 amide bonds. The summed E-state index contributed by atoms with van der Waals surface area (Å²) in [6.45, 7) is 0.914. The maximum Gasteiger partial charge on any atom is 0.223 e. The molecule has 1 heterocycles. The van der Waals surface area contributed by atoms with Gasteiger partial charge in [-0.3, -0.25) is 9.59 Å². The molecule has 2 aliphatic rings. The van der Waals surface area contributed by atoms with Crippen LogP contribution < -0.4 is 20.1 Å². The second kappa shape index (κ2) is 8.43. The molecule has 2 N–H and O–H groups in total. The smallest absolute Gasteiger partial charge is 0.223 e. The highest BCUT2D eigenvalue weighted by Gasteiger charge is 2.35. The van der Waals surface area contributed by atoms with Crippen LogP contribution in [-0.4, -0.2) is 38.1 Å². The van der Waals surface area contributed by atoms with Gasteiger partial charge in [0.15, 0.2) is 11.5 Å². The van der Waals surface area contributed by atoms with Crippen LogP contribution in [-0.2, 0) is 9.59 Å². The van der Waals surface area contributed by atoms with Crippen LogP contribution in [0.15, 0.2) is 24.3 Å². The van der Waals surface area contributed by atoms with Crippen LogP contribution in [0.1, 0.15) is 44.9 Å². The molecule has 1 unspecified atom stereocenters. The molecule has 0 bridgehead atoms. The van der Waals surface area contributed by atoms with Crippen LogP contribution in [0.25, 0.3) is 0 Å². The number of fused-ring (bicyclic) bond motifs is 1. The Morgan fingerprint density at radius 2 is 1.85 bits per heavy atom. The number of amides is 2. The summed E-state index contributed by atoms with van der Waals surface area (Å²) in [5.74, 6) is 1.39. The number of carbonyl (C=O) groups excluding carboxylic acids is 2. The molecule has 26 heavy (non-hydrogen) atoms. The average molecular weight is 360 g/mol. The Bertz CT molecular complexity index is 640. The molecular formula is C20H28N2O4. The molecule has 1 aromatic carbocycles. The normalized spacial score (nSPS) is 20.9. The predicted molar refractivity (Wildman–Crippen MR) is 98.2 cm³/mol. The molecule has 0 spiro atoms. The first-order valence-electron chi connectivity index (χ1n) is 9.46. The quantitative estimate of drug-likeness (QED) is 0.817. The largest absolute Gasteiger partial charge is 0.486 e. The second-order valence-corrected chi connectivity index (χ2v) is 7.39. The SMILES string of the molecule is CNC(=O)CC1(CNC(=O)CC2COc3ccccc3O2)CCCCC1. The third-order valence-electron chi connectivity index (χ3n) is 5.37. The number of carbonyl (C=O) groups is 2. The van der Waals surface area contributed by atoms with Crippen LogP contribution >= 0.6 is 0 Å². The van der Waals surface area contributed by atoms with Crippen molar-refractivity contribution in [3.05, 3.63) is 24.3 Å². The highest BCUT2D eigenvalue weighted by molar-refractivity contribution is 5.78. The first-order valence-corrected chi connectivity index (χ1v) is 9.46. The fraction of sp³-hybridized carbons (Fsp3) is 0.600. The summed E-state index contributed by atoms with van der Waals surface area (Å²) < 4.78 is 11.5. The highest BCUT2D eigenvalue weighted by Crippen LogP contribution is 2.39. The van der Waals surface area contributed by atoms with Crippen LogP contribution in [0.3, 0.4) is 0 Å². The molecule has 1 atom stereocenters. The van der Waals surface area contributed by atoms with E-state index in [1.807, 2.05) is 24.3 Å². The first kappa shape index (κ1) is 18.5. The maximum absolute atomic E-state index is 12.4. The minimum absolute atomic E-state index is 0.0433. The summed E-state index contributed by atoms with van der Waals surface area (Å²) in [6, 6.07) is 7.48. The van der Waals surface area contributed by atoms with E-state index < -0.39 is 0 Å². The van der Waals surface area contributed by atoms with Gasteiger partial charge in [-0.2, -0.15) is 0 Å². The van der Waals surface area contributed by atoms with Crippen LogP contribution in [0.2, 0.25) is 0 Å². The lowest BCUT2D eigenvalue weighted by molar-refractivity contribution is -0.126. The Hall–Kier alpha value is -2.24. The van der Waals surface area contributed by atoms with E-state index in [4.69, 9.17) is 9.47 Å². The van der Waals surface area contributed by atoms with E-state index in [-0.39, 0.29) is 29.8 Å². The second-order valence-electron chi connectivity index (χ2n) is 7.39. The van der Waals surface area contributed by atoms with Crippen molar-refractivity contribution < 1.29 is 19.1 Å². The molecule has 1 fully saturated rings. The van der Waals surface area contributed by atoms with Gasteiger partial charge in [0, 0.05) is 20.0 Å². The summed E-state index contributed by atoms with van der Waals surface area (Å²) in [7, 11) is 1.66. The lowest BCUT2D eigenvalue weighted by Gasteiger charge is -2.37. The van der Waals surface area contributed by atoms with Gasteiger partial charge in [0.05, 0.1) is 6.42 Å². The van der Waals surface area contributed by atoms with Gasteiger partial charge in [-0.15, -0.1) is 0 Å². The van der Waals surface area contributed by atoms with Crippen molar-refractivity contribution in [1.82, 2.24) is 10.6 Å². The Labute approximate surface area is 154 Å². The van der Waals surface area contributed by atoms with Crippen molar-refractivity contribution in [2.75, 3.05) is 20.2 Å². The maximum atomic E-state index is 12.4. The number of hydrogen-bond acceptors (Lipinski definition) is 4. The number of nitrogens with one attached hydrogen (secondary N) is 2. The zero-order chi connectivity index (χ0) is 18.4. The van der Waals surface area contributed by atoms with Gasteiger partial charge in [0.1, 0.15) is 12.7 Å². The zero-order valence-corrected chi connectivity index (χ0v) is 15.4. The van der Waals surface area contributed by atoms with Crippen LogP contribution in [0.5, 0.6) is 11.5 Å². The number of rotatable bonds is 6. The number of ether oxygens (including phenoxy) is 2. The molecule has 1 aliphatic carbocycles. The Morgan fingerprint density at radius 1 is 1.12 bits per heavy atom. The van der Waals surface area contributed by atoms with Crippen molar-refractivity contribution in [2.45, 2.75) is 51.0 Å². The van der Waals surface area contributed by atoms with Gasteiger partial charge in [-0.05, 0) is 30.4 Å². The summed E-state index contributed by atoms with van der Waals surface area (Å²) >= 11 is 0. The molecule has 0 radical (unpaired) electrons. The molecule has 3 rings (SSSR count). The number of hydrogen-bond donors (Lipinski definition) is 2. The Balaban J connectivity index is 1.51. The molecule has 0 aromatic heterocycles. The molecular weight excluding hydrogens is 332 g/mol. The van der Waals surface area contributed by atoms with Crippen molar-refractivity contribution in [3.63, 3.8) is 0 Å². The summed E-state index contributed by atoms with van der Waals surface area (Å²) in [5.41, 5.74) is -0.121. The molecule has 1 saturated carbocycles. The van der Waals surface area contributed by atoms with E-state index in [2.05, 4.69) is 10.6 Å². The van der Waals surface area contributed by atoms with E-state index >= 15 is 0 Å². The average Bonchev–Trinajstić information content (AvgIpc) is 2.67. The summed E-state index contributed by atoms with van der Waals surface area (Å²) in [5, 5.41) is 5.75. The fourth-order valence-electron chi connectivity index (χ4n) is 3.88. The molecule has 0 saturated heterocycles. The lowest BCUT2D eigenvalue weighted by Crippen LogP contribution is -2.43. The van der Waals surface area contributed by atoms with Gasteiger partial charge < -0.3 is 20.1 Å². The fourth-order valence-corrected chi connectivity index (χ4v) is 3.88. The summed E-state index contributed by atoms with van der Waals surface area (Å²) in [4.78, 5) is 24.3. The third kappa shape index (κ3) is 4.68.